The van der Waals surface area contributed by atoms with Crippen molar-refractivity contribution < 1.29 is 9.18 Å². The van der Waals surface area contributed by atoms with Crippen LogP contribution in [-0.2, 0) is 0 Å². The van der Waals surface area contributed by atoms with Crippen LogP contribution in [-0.4, -0.2) is 17.4 Å². The fourth-order valence-corrected chi connectivity index (χ4v) is 1.77. The Kier molecular flexibility index (Phi) is 4.64. The molecule has 2 aromatic rings. The average Bonchev–Trinajstić information content (AvgIpc) is 2.47. The van der Waals surface area contributed by atoms with Gasteiger partial charge in [-0.1, -0.05) is 17.9 Å². The van der Waals surface area contributed by atoms with Crippen LogP contribution >= 0.6 is 0 Å². The summed E-state index contributed by atoms with van der Waals surface area (Å²) in [4.78, 5) is 15.7. The van der Waals surface area contributed by atoms with Crippen LogP contribution in [0, 0.1) is 24.6 Å². The molecule has 0 aliphatic rings. The standard InChI is InChI=1S/C16H14FN3O/c1-11-4-5-15(12(9-11)3-2-7-18)20-16(21)13-6-8-19-10-14(13)17/h4-6,8-10H,7,18H2,1H3,(H,20,21). The molecule has 0 unspecified atom stereocenters. The molecule has 21 heavy (non-hydrogen) atoms. The molecule has 0 saturated carbocycles. The van der Waals surface area contributed by atoms with Gasteiger partial charge in [-0.05, 0) is 30.7 Å². The zero-order valence-electron chi connectivity index (χ0n) is 11.5. The lowest BCUT2D eigenvalue weighted by atomic mass is 10.1. The molecule has 0 atom stereocenters. The molecule has 0 radical (unpaired) electrons. The maximum Gasteiger partial charge on any atom is 0.258 e. The van der Waals surface area contributed by atoms with E-state index in [1.807, 2.05) is 19.1 Å². The molecule has 1 amide bonds. The number of nitrogens with two attached hydrogens (primary N) is 1. The number of anilines is 1. The van der Waals surface area contributed by atoms with E-state index in [4.69, 9.17) is 5.73 Å². The second-order valence-corrected chi connectivity index (χ2v) is 4.36. The zero-order chi connectivity index (χ0) is 15.2. The fourth-order valence-electron chi connectivity index (χ4n) is 1.77. The lowest BCUT2D eigenvalue weighted by Gasteiger charge is -2.09. The highest BCUT2D eigenvalue weighted by atomic mass is 19.1. The Morgan fingerprint density at radius 3 is 2.95 bits per heavy atom. The van der Waals surface area contributed by atoms with Crippen LogP contribution in [0.5, 0.6) is 0 Å². The molecule has 0 spiro atoms. The molecular formula is C16H14FN3O. The monoisotopic (exact) mass is 283 g/mol. The predicted molar refractivity (Wildman–Crippen MR) is 79.3 cm³/mol. The van der Waals surface area contributed by atoms with Gasteiger partial charge in [0, 0.05) is 11.8 Å². The van der Waals surface area contributed by atoms with Crippen molar-refractivity contribution in [1.29, 1.82) is 0 Å². The van der Waals surface area contributed by atoms with Crippen molar-refractivity contribution in [2.45, 2.75) is 6.92 Å². The van der Waals surface area contributed by atoms with E-state index in [9.17, 15) is 9.18 Å². The largest absolute Gasteiger partial charge is 0.321 e. The lowest BCUT2D eigenvalue weighted by molar-refractivity contribution is 0.102. The number of aromatic nitrogens is 1. The third-order valence-corrected chi connectivity index (χ3v) is 2.77. The number of carbonyl (C=O) groups excluding carboxylic acids is 1. The van der Waals surface area contributed by atoms with E-state index in [0.29, 0.717) is 11.3 Å². The summed E-state index contributed by atoms with van der Waals surface area (Å²) < 4.78 is 13.5. The minimum Gasteiger partial charge on any atom is -0.321 e. The molecule has 0 bridgehead atoms. The molecule has 0 fully saturated rings. The molecule has 0 saturated heterocycles. The van der Waals surface area contributed by atoms with Crippen LogP contribution in [0.15, 0.2) is 36.7 Å². The van der Waals surface area contributed by atoms with Crippen molar-refractivity contribution in [3.05, 3.63) is 59.2 Å². The highest BCUT2D eigenvalue weighted by molar-refractivity contribution is 6.05. The van der Waals surface area contributed by atoms with Gasteiger partial charge < -0.3 is 11.1 Å². The summed E-state index contributed by atoms with van der Waals surface area (Å²) in [5.41, 5.74) is 7.46. The van der Waals surface area contributed by atoms with Crippen LogP contribution in [0.3, 0.4) is 0 Å². The van der Waals surface area contributed by atoms with Gasteiger partial charge in [0.1, 0.15) is 0 Å². The predicted octanol–water partition coefficient (Wildman–Crippen LogP) is 2.09. The smallest absolute Gasteiger partial charge is 0.258 e. The van der Waals surface area contributed by atoms with Gasteiger partial charge in [-0.15, -0.1) is 0 Å². The summed E-state index contributed by atoms with van der Waals surface area (Å²) in [6, 6.07) is 6.73. The first-order valence-electron chi connectivity index (χ1n) is 6.32. The van der Waals surface area contributed by atoms with Crippen molar-refractivity contribution in [1.82, 2.24) is 4.98 Å². The highest BCUT2D eigenvalue weighted by Gasteiger charge is 2.12. The van der Waals surface area contributed by atoms with Crippen molar-refractivity contribution in [2.24, 2.45) is 5.73 Å². The minimum absolute atomic E-state index is 0.0664. The molecule has 1 aromatic heterocycles. The van der Waals surface area contributed by atoms with E-state index in [1.54, 1.807) is 6.07 Å². The maximum atomic E-state index is 13.5. The van der Waals surface area contributed by atoms with Crippen molar-refractivity contribution in [2.75, 3.05) is 11.9 Å². The van der Waals surface area contributed by atoms with Gasteiger partial charge in [-0.3, -0.25) is 9.78 Å². The molecule has 2 rings (SSSR count). The molecule has 3 N–H and O–H groups in total. The summed E-state index contributed by atoms with van der Waals surface area (Å²) in [7, 11) is 0. The van der Waals surface area contributed by atoms with Gasteiger partial charge in [-0.2, -0.15) is 0 Å². The van der Waals surface area contributed by atoms with Gasteiger partial charge >= 0.3 is 0 Å². The second kappa shape index (κ2) is 6.64. The number of halogens is 1. The molecule has 1 heterocycles. The van der Waals surface area contributed by atoms with Crippen LogP contribution in [0.4, 0.5) is 10.1 Å². The van der Waals surface area contributed by atoms with Gasteiger partial charge in [0.05, 0.1) is 24.0 Å². The molecule has 4 nitrogen and oxygen atoms in total. The molecule has 1 aromatic carbocycles. The molecular weight excluding hydrogens is 269 g/mol. The number of amides is 1. The third-order valence-electron chi connectivity index (χ3n) is 2.77. The molecule has 0 aliphatic carbocycles. The Labute approximate surface area is 122 Å². The first-order valence-corrected chi connectivity index (χ1v) is 6.32. The Hall–Kier alpha value is -2.71. The number of rotatable bonds is 2. The van der Waals surface area contributed by atoms with Crippen LogP contribution in [0.25, 0.3) is 0 Å². The number of carbonyl (C=O) groups is 1. The van der Waals surface area contributed by atoms with E-state index in [2.05, 4.69) is 22.1 Å². The summed E-state index contributed by atoms with van der Waals surface area (Å²) in [5.74, 6) is 4.41. The Morgan fingerprint density at radius 1 is 1.43 bits per heavy atom. The number of aryl methyl sites for hydroxylation is 1. The van der Waals surface area contributed by atoms with Gasteiger partial charge in [0.2, 0.25) is 0 Å². The van der Waals surface area contributed by atoms with Crippen LogP contribution < -0.4 is 11.1 Å². The Bertz CT molecular complexity index is 732. The van der Waals surface area contributed by atoms with E-state index in [1.165, 1.54) is 12.3 Å². The zero-order valence-corrected chi connectivity index (χ0v) is 11.5. The third kappa shape index (κ3) is 3.65. The molecule has 106 valence electrons. The summed E-state index contributed by atoms with van der Waals surface area (Å²) in [6.07, 6.45) is 2.36. The van der Waals surface area contributed by atoms with Gasteiger partial charge in [0.15, 0.2) is 5.82 Å². The van der Waals surface area contributed by atoms with E-state index < -0.39 is 11.7 Å². The summed E-state index contributed by atoms with van der Waals surface area (Å²) >= 11 is 0. The van der Waals surface area contributed by atoms with Crippen LogP contribution in [0.1, 0.15) is 21.5 Å². The number of benzene rings is 1. The number of pyridine rings is 1. The second-order valence-electron chi connectivity index (χ2n) is 4.36. The lowest BCUT2D eigenvalue weighted by Crippen LogP contribution is -2.14. The summed E-state index contributed by atoms with van der Waals surface area (Å²) in [6.45, 7) is 2.14. The minimum atomic E-state index is -0.670. The fraction of sp³-hybridized carbons (Fsp3) is 0.125. The number of nitrogens with one attached hydrogen (secondary N) is 1. The average molecular weight is 283 g/mol. The highest BCUT2D eigenvalue weighted by Crippen LogP contribution is 2.18. The van der Waals surface area contributed by atoms with Gasteiger partial charge in [0.25, 0.3) is 5.91 Å². The van der Waals surface area contributed by atoms with E-state index in [0.717, 1.165) is 11.8 Å². The maximum absolute atomic E-state index is 13.5. The Morgan fingerprint density at radius 2 is 2.24 bits per heavy atom. The first kappa shape index (κ1) is 14.7. The van der Waals surface area contributed by atoms with Crippen molar-refractivity contribution in [3.63, 3.8) is 0 Å². The summed E-state index contributed by atoms with van der Waals surface area (Å²) in [5, 5.41) is 2.65. The van der Waals surface area contributed by atoms with Crippen molar-refractivity contribution >= 4 is 11.6 Å². The van der Waals surface area contributed by atoms with Crippen molar-refractivity contribution in [3.8, 4) is 11.8 Å². The molecule has 5 heteroatoms. The number of nitrogens with zero attached hydrogens (tertiary/aromatic N) is 1. The topological polar surface area (TPSA) is 68.0 Å². The normalized spacial score (nSPS) is 9.67. The molecule has 0 aliphatic heterocycles. The quantitative estimate of drug-likeness (QED) is 0.829. The van der Waals surface area contributed by atoms with Gasteiger partial charge in [-0.25, -0.2) is 4.39 Å². The number of hydrogen-bond donors (Lipinski definition) is 2. The van der Waals surface area contributed by atoms with E-state index in [-0.39, 0.29) is 12.1 Å². The number of hydrogen-bond acceptors (Lipinski definition) is 3. The van der Waals surface area contributed by atoms with E-state index >= 15 is 0 Å². The Balaban J connectivity index is 2.31. The SMILES string of the molecule is Cc1ccc(NC(=O)c2ccncc2F)c(C#CCN)c1. The first-order chi connectivity index (χ1) is 10.1. The van der Waals surface area contributed by atoms with Crippen LogP contribution in [0.2, 0.25) is 0 Å².